The van der Waals surface area contributed by atoms with E-state index in [2.05, 4.69) is 52.3 Å². The molecule has 0 bridgehead atoms. The smallest absolute Gasteiger partial charge is 0.248 e. The Morgan fingerprint density at radius 2 is 1.52 bits per heavy atom. The van der Waals surface area contributed by atoms with Crippen molar-refractivity contribution in [2.75, 3.05) is 59.0 Å². The zero-order valence-electron chi connectivity index (χ0n) is 18.1. The molecule has 0 saturated carbocycles. The monoisotopic (exact) mass is 441 g/mol. The van der Waals surface area contributed by atoms with Crippen molar-refractivity contribution in [1.82, 2.24) is 14.7 Å². The lowest BCUT2D eigenvalue weighted by Gasteiger charge is -2.39. The third-order valence-corrected chi connectivity index (χ3v) is 6.56. The molecule has 0 N–H and O–H groups in total. The van der Waals surface area contributed by atoms with Gasteiger partial charge in [-0.2, -0.15) is 0 Å². The van der Waals surface area contributed by atoms with Crippen molar-refractivity contribution in [3.8, 4) is 0 Å². The van der Waals surface area contributed by atoms with Gasteiger partial charge in [0.2, 0.25) is 5.91 Å². The van der Waals surface area contributed by atoms with Gasteiger partial charge in [0.05, 0.1) is 12.6 Å². The summed E-state index contributed by atoms with van der Waals surface area (Å²) in [6.45, 7) is 7.47. The van der Waals surface area contributed by atoms with Gasteiger partial charge in [0.15, 0.2) is 0 Å². The van der Waals surface area contributed by atoms with Crippen LogP contribution in [0.15, 0.2) is 54.6 Å². The van der Waals surface area contributed by atoms with Gasteiger partial charge in [-0.05, 0) is 36.1 Å². The molecule has 1 unspecified atom stereocenters. The number of rotatable bonds is 8. The normalized spacial score (nSPS) is 18.9. The van der Waals surface area contributed by atoms with Crippen molar-refractivity contribution in [2.45, 2.75) is 18.9 Å². The van der Waals surface area contributed by atoms with E-state index >= 15 is 0 Å². The van der Waals surface area contributed by atoms with Crippen molar-refractivity contribution in [2.24, 2.45) is 0 Å². The lowest BCUT2D eigenvalue weighted by atomic mass is 9.96. The number of nitrogens with zero attached hydrogens (tertiary/aromatic N) is 3. The highest BCUT2D eigenvalue weighted by Crippen LogP contribution is 2.30. The van der Waals surface area contributed by atoms with Crippen LogP contribution in [0.4, 0.5) is 0 Å². The minimum atomic E-state index is 0.135. The molecule has 4 rings (SSSR count). The molecule has 31 heavy (non-hydrogen) atoms. The van der Waals surface area contributed by atoms with Crippen LogP contribution < -0.4 is 0 Å². The average molecular weight is 442 g/mol. The molecule has 0 spiro atoms. The molecule has 0 aliphatic carbocycles. The van der Waals surface area contributed by atoms with Crippen LogP contribution in [-0.4, -0.2) is 79.6 Å². The fraction of sp³-hybridized carbons (Fsp3) is 0.480. The lowest BCUT2D eigenvalue weighted by Crippen LogP contribution is -2.48. The third kappa shape index (κ3) is 6.07. The Hall–Kier alpha value is -1.92. The number of hydrogen-bond acceptors (Lipinski definition) is 4. The maximum Gasteiger partial charge on any atom is 0.248 e. The molecule has 2 saturated heterocycles. The van der Waals surface area contributed by atoms with Crippen LogP contribution in [0.3, 0.4) is 0 Å². The maximum atomic E-state index is 12.1. The molecule has 0 aromatic heterocycles. The van der Waals surface area contributed by atoms with Crippen LogP contribution >= 0.6 is 11.6 Å². The second-order valence-corrected chi connectivity index (χ2v) is 8.82. The predicted octanol–water partition coefficient (Wildman–Crippen LogP) is 3.69. The first kappa shape index (κ1) is 22.3. The van der Waals surface area contributed by atoms with Crippen LogP contribution in [0.5, 0.6) is 0 Å². The zero-order valence-corrected chi connectivity index (χ0v) is 18.8. The summed E-state index contributed by atoms with van der Waals surface area (Å²) in [5.41, 5.74) is 2.58. The Morgan fingerprint density at radius 1 is 0.871 bits per heavy atom. The first-order valence-corrected chi connectivity index (χ1v) is 11.7. The summed E-state index contributed by atoms with van der Waals surface area (Å²) in [7, 11) is 0. The molecule has 1 atom stereocenters. The van der Waals surface area contributed by atoms with Gasteiger partial charge < -0.3 is 9.64 Å². The molecule has 2 aromatic rings. The minimum absolute atomic E-state index is 0.135. The van der Waals surface area contributed by atoms with E-state index in [1.807, 2.05) is 17.0 Å². The molecule has 2 aliphatic rings. The lowest BCUT2D eigenvalue weighted by molar-refractivity contribution is -0.135. The fourth-order valence-corrected chi connectivity index (χ4v) is 4.68. The highest BCUT2D eigenvalue weighted by atomic mass is 35.5. The summed E-state index contributed by atoms with van der Waals surface area (Å²) in [5.74, 6) is 0.135. The number of piperazine rings is 1. The minimum Gasteiger partial charge on any atom is -0.370 e. The molecule has 5 nitrogen and oxygen atoms in total. The van der Waals surface area contributed by atoms with E-state index in [4.69, 9.17) is 16.3 Å². The van der Waals surface area contributed by atoms with E-state index in [0.29, 0.717) is 6.61 Å². The average Bonchev–Trinajstić information content (AvgIpc) is 3.35. The third-order valence-electron chi connectivity index (χ3n) is 6.31. The summed E-state index contributed by atoms with van der Waals surface area (Å²) in [6.07, 6.45) is 2.24. The van der Waals surface area contributed by atoms with Gasteiger partial charge in [0.1, 0.15) is 6.61 Å². The Kier molecular flexibility index (Phi) is 7.97. The molecule has 2 aliphatic heterocycles. The fourth-order valence-electron chi connectivity index (χ4n) is 4.55. The standard InChI is InChI=1S/C25H32ClN3O2/c26-23-10-8-22(9-11-23)25(21-6-2-1-3-7-21)29-16-14-27(15-17-29)18-19-31-20-24(30)28-12-4-5-13-28/h1-3,6-11,25H,4-5,12-20H2. The van der Waals surface area contributed by atoms with Gasteiger partial charge in [0.25, 0.3) is 0 Å². The van der Waals surface area contributed by atoms with E-state index in [-0.39, 0.29) is 18.6 Å². The Morgan fingerprint density at radius 3 is 2.19 bits per heavy atom. The van der Waals surface area contributed by atoms with E-state index in [0.717, 1.165) is 63.7 Å². The molecular formula is C25H32ClN3O2. The molecule has 2 aromatic carbocycles. The summed E-state index contributed by atoms with van der Waals surface area (Å²) >= 11 is 6.13. The molecule has 2 fully saturated rings. The van der Waals surface area contributed by atoms with Crippen LogP contribution in [0.2, 0.25) is 5.02 Å². The summed E-state index contributed by atoms with van der Waals surface area (Å²) in [6, 6.07) is 19.1. The van der Waals surface area contributed by atoms with Gasteiger partial charge in [-0.25, -0.2) is 0 Å². The number of benzene rings is 2. The highest BCUT2D eigenvalue weighted by molar-refractivity contribution is 6.30. The molecule has 2 heterocycles. The number of halogens is 1. The summed E-state index contributed by atoms with van der Waals surface area (Å²) in [4.78, 5) is 19.0. The number of carbonyl (C=O) groups excluding carboxylic acids is 1. The second kappa shape index (κ2) is 11.1. The SMILES string of the molecule is O=C(COCCN1CCN(C(c2ccccc2)c2ccc(Cl)cc2)CC1)N1CCCC1. The van der Waals surface area contributed by atoms with E-state index in [1.54, 1.807) is 0 Å². The molecule has 0 radical (unpaired) electrons. The largest absolute Gasteiger partial charge is 0.370 e. The van der Waals surface area contributed by atoms with Crippen LogP contribution in [-0.2, 0) is 9.53 Å². The molecule has 1 amide bonds. The second-order valence-electron chi connectivity index (χ2n) is 8.38. The predicted molar refractivity (Wildman–Crippen MR) is 124 cm³/mol. The Bertz CT molecular complexity index is 816. The number of ether oxygens (including phenoxy) is 1. The highest BCUT2D eigenvalue weighted by Gasteiger charge is 2.26. The van der Waals surface area contributed by atoms with E-state index in [1.165, 1.54) is 11.1 Å². The van der Waals surface area contributed by atoms with Gasteiger partial charge in [-0.3, -0.25) is 14.6 Å². The van der Waals surface area contributed by atoms with Gasteiger partial charge in [0, 0.05) is 50.8 Å². The van der Waals surface area contributed by atoms with Crippen LogP contribution in [0, 0.1) is 0 Å². The van der Waals surface area contributed by atoms with Gasteiger partial charge in [-0.1, -0.05) is 54.1 Å². The van der Waals surface area contributed by atoms with Crippen molar-refractivity contribution < 1.29 is 9.53 Å². The van der Waals surface area contributed by atoms with E-state index in [9.17, 15) is 4.79 Å². The van der Waals surface area contributed by atoms with Crippen LogP contribution in [0.1, 0.15) is 30.0 Å². The quantitative estimate of drug-likeness (QED) is 0.585. The zero-order chi connectivity index (χ0) is 21.5. The number of carbonyl (C=O) groups is 1. The molecule has 166 valence electrons. The van der Waals surface area contributed by atoms with Crippen molar-refractivity contribution in [3.63, 3.8) is 0 Å². The van der Waals surface area contributed by atoms with Crippen molar-refractivity contribution >= 4 is 17.5 Å². The summed E-state index contributed by atoms with van der Waals surface area (Å²) in [5, 5.41) is 0.767. The number of hydrogen-bond donors (Lipinski definition) is 0. The summed E-state index contributed by atoms with van der Waals surface area (Å²) < 4.78 is 5.68. The van der Waals surface area contributed by atoms with Crippen LogP contribution in [0.25, 0.3) is 0 Å². The maximum absolute atomic E-state index is 12.1. The van der Waals surface area contributed by atoms with E-state index < -0.39 is 0 Å². The molecule has 6 heteroatoms. The number of amides is 1. The van der Waals surface area contributed by atoms with Crippen molar-refractivity contribution in [1.29, 1.82) is 0 Å². The Balaban J connectivity index is 1.27. The van der Waals surface area contributed by atoms with Gasteiger partial charge >= 0.3 is 0 Å². The topological polar surface area (TPSA) is 36.0 Å². The van der Waals surface area contributed by atoms with Crippen molar-refractivity contribution in [3.05, 3.63) is 70.7 Å². The number of likely N-dealkylation sites (tertiary alicyclic amines) is 1. The van der Waals surface area contributed by atoms with Gasteiger partial charge in [-0.15, -0.1) is 0 Å². The first-order chi connectivity index (χ1) is 15.2. The first-order valence-electron chi connectivity index (χ1n) is 11.3. The molecular weight excluding hydrogens is 410 g/mol. The Labute approximate surface area is 190 Å².